The molecule has 1 saturated heterocycles. The molecular weight excluding hydrogens is 280 g/mol. The minimum Gasteiger partial charge on any atom is -0.361 e. The summed E-state index contributed by atoms with van der Waals surface area (Å²) in [5, 5.41) is 8.48. The summed E-state index contributed by atoms with van der Waals surface area (Å²) in [6.07, 6.45) is 3.32. The fourth-order valence-corrected chi connectivity index (χ4v) is 2.98. The van der Waals surface area contributed by atoms with Gasteiger partial charge < -0.3 is 9.42 Å². The van der Waals surface area contributed by atoms with Gasteiger partial charge in [0.05, 0.1) is 12.2 Å². The van der Waals surface area contributed by atoms with Gasteiger partial charge in [0.25, 0.3) is 5.91 Å². The van der Waals surface area contributed by atoms with Crippen LogP contribution < -0.4 is 0 Å². The molecule has 0 radical (unpaired) electrons. The fourth-order valence-electron chi connectivity index (χ4n) is 2.98. The molecule has 1 aliphatic rings. The van der Waals surface area contributed by atoms with Crippen LogP contribution in [0.25, 0.3) is 0 Å². The number of aryl methyl sites for hydroxylation is 3. The molecule has 1 fully saturated rings. The normalized spacial score (nSPS) is 15.3. The molecule has 6 heteroatoms. The summed E-state index contributed by atoms with van der Waals surface area (Å²) < 4.78 is 7.18. The average molecular weight is 302 g/mol. The maximum atomic E-state index is 12.7. The first kappa shape index (κ1) is 14.8. The fraction of sp³-hybridized carbons (Fsp3) is 0.562. The molecule has 3 rings (SSSR count). The maximum Gasteiger partial charge on any atom is 0.276 e. The number of amides is 1. The number of hydrogen-bond donors (Lipinski definition) is 0. The zero-order valence-electron chi connectivity index (χ0n) is 13.4. The molecule has 0 spiro atoms. The summed E-state index contributed by atoms with van der Waals surface area (Å²) in [5.74, 6) is 0.668. The molecule has 1 aliphatic heterocycles. The van der Waals surface area contributed by atoms with Crippen molar-refractivity contribution in [3.8, 4) is 0 Å². The first-order valence-corrected chi connectivity index (χ1v) is 7.81. The predicted molar refractivity (Wildman–Crippen MR) is 81.8 cm³/mol. The van der Waals surface area contributed by atoms with Crippen molar-refractivity contribution in [1.82, 2.24) is 19.8 Å². The van der Waals surface area contributed by atoms with E-state index in [9.17, 15) is 4.79 Å². The molecular formula is C16H22N4O2. The van der Waals surface area contributed by atoms with Crippen molar-refractivity contribution in [3.63, 3.8) is 0 Å². The molecule has 3 heterocycles. The third-order valence-electron chi connectivity index (χ3n) is 4.24. The summed E-state index contributed by atoms with van der Waals surface area (Å²) >= 11 is 0. The van der Waals surface area contributed by atoms with E-state index in [-0.39, 0.29) is 5.91 Å². The maximum absolute atomic E-state index is 12.7. The summed E-state index contributed by atoms with van der Waals surface area (Å²) in [4.78, 5) is 14.6. The van der Waals surface area contributed by atoms with E-state index in [1.807, 2.05) is 36.4 Å². The number of aromatic nitrogens is 3. The van der Waals surface area contributed by atoms with E-state index in [1.165, 1.54) is 6.42 Å². The zero-order valence-corrected chi connectivity index (χ0v) is 13.4. The molecule has 6 nitrogen and oxygen atoms in total. The van der Waals surface area contributed by atoms with Crippen LogP contribution in [0.3, 0.4) is 0 Å². The monoisotopic (exact) mass is 302 g/mol. The van der Waals surface area contributed by atoms with Gasteiger partial charge in [0.1, 0.15) is 5.76 Å². The molecule has 22 heavy (non-hydrogen) atoms. The SMILES string of the molecule is Cc1cc(C)n(Cc2c(C(=O)N3CCCCC3)noc2C)n1. The molecule has 2 aromatic heterocycles. The van der Waals surface area contributed by atoms with Crippen LogP contribution in [0.4, 0.5) is 0 Å². The second kappa shape index (κ2) is 5.94. The number of carbonyl (C=O) groups excluding carboxylic acids is 1. The van der Waals surface area contributed by atoms with Crippen LogP contribution in [0, 0.1) is 20.8 Å². The Hall–Kier alpha value is -2.11. The summed E-state index contributed by atoms with van der Waals surface area (Å²) in [7, 11) is 0. The van der Waals surface area contributed by atoms with Crippen LogP contribution in [-0.4, -0.2) is 38.8 Å². The summed E-state index contributed by atoms with van der Waals surface area (Å²) in [6.45, 7) is 7.96. The minimum atomic E-state index is -0.0203. The third kappa shape index (κ3) is 2.77. The van der Waals surface area contributed by atoms with E-state index in [0.29, 0.717) is 18.0 Å². The number of piperidine rings is 1. The van der Waals surface area contributed by atoms with Crippen molar-refractivity contribution in [1.29, 1.82) is 0 Å². The molecule has 2 aromatic rings. The van der Waals surface area contributed by atoms with E-state index in [2.05, 4.69) is 10.3 Å². The predicted octanol–water partition coefficient (Wildman–Crippen LogP) is 2.47. The summed E-state index contributed by atoms with van der Waals surface area (Å²) in [5.41, 5.74) is 3.30. The molecule has 0 atom stereocenters. The molecule has 0 saturated carbocycles. The van der Waals surface area contributed by atoms with Crippen molar-refractivity contribution in [3.05, 3.63) is 34.5 Å². The minimum absolute atomic E-state index is 0.0203. The molecule has 0 bridgehead atoms. The molecule has 0 aromatic carbocycles. The van der Waals surface area contributed by atoms with E-state index < -0.39 is 0 Å². The molecule has 0 aliphatic carbocycles. The summed E-state index contributed by atoms with van der Waals surface area (Å²) in [6, 6.07) is 2.02. The topological polar surface area (TPSA) is 64.2 Å². The largest absolute Gasteiger partial charge is 0.361 e. The Bertz CT molecular complexity index is 680. The van der Waals surface area contributed by atoms with Crippen LogP contribution in [-0.2, 0) is 6.54 Å². The number of rotatable bonds is 3. The molecule has 1 amide bonds. The van der Waals surface area contributed by atoms with Gasteiger partial charge in [0, 0.05) is 24.3 Å². The van der Waals surface area contributed by atoms with Gasteiger partial charge in [-0.25, -0.2) is 0 Å². The van der Waals surface area contributed by atoms with Gasteiger partial charge in [-0.3, -0.25) is 9.48 Å². The van der Waals surface area contributed by atoms with E-state index in [0.717, 1.165) is 42.9 Å². The molecule has 118 valence electrons. The van der Waals surface area contributed by atoms with Crippen molar-refractivity contribution < 1.29 is 9.32 Å². The average Bonchev–Trinajstić information content (AvgIpc) is 3.03. The van der Waals surface area contributed by atoms with Crippen LogP contribution >= 0.6 is 0 Å². The standard InChI is InChI=1S/C16H22N4O2/c1-11-9-12(2)20(17-11)10-14-13(3)22-18-15(14)16(21)19-7-5-4-6-8-19/h9H,4-8,10H2,1-3H3. The Morgan fingerprint density at radius 3 is 2.59 bits per heavy atom. The Morgan fingerprint density at radius 1 is 1.23 bits per heavy atom. The van der Waals surface area contributed by atoms with Crippen LogP contribution in [0.15, 0.2) is 10.6 Å². The number of hydrogen-bond acceptors (Lipinski definition) is 4. The van der Waals surface area contributed by atoms with E-state index >= 15 is 0 Å². The van der Waals surface area contributed by atoms with Gasteiger partial charge in [0.2, 0.25) is 0 Å². The van der Waals surface area contributed by atoms with E-state index in [4.69, 9.17) is 4.52 Å². The van der Waals surface area contributed by atoms with Gasteiger partial charge in [-0.15, -0.1) is 0 Å². The Morgan fingerprint density at radius 2 is 1.95 bits per heavy atom. The Balaban J connectivity index is 1.87. The van der Waals surface area contributed by atoms with Gasteiger partial charge >= 0.3 is 0 Å². The number of carbonyl (C=O) groups is 1. The molecule has 0 unspecified atom stereocenters. The second-order valence-corrected chi connectivity index (χ2v) is 6.00. The lowest BCUT2D eigenvalue weighted by Crippen LogP contribution is -2.36. The third-order valence-corrected chi connectivity index (χ3v) is 4.24. The lowest BCUT2D eigenvalue weighted by molar-refractivity contribution is 0.0712. The van der Waals surface area contributed by atoms with Crippen LogP contribution in [0.2, 0.25) is 0 Å². The van der Waals surface area contributed by atoms with Gasteiger partial charge in [-0.1, -0.05) is 5.16 Å². The lowest BCUT2D eigenvalue weighted by atomic mass is 10.1. The van der Waals surface area contributed by atoms with Crippen LogP contribution in [0.5, 0.6) is 0 Å². The highest BCUT2D eigenvalue weighted by Crippen LogP contribution is 2.20. The van der Waals surface area contributed by atoms with Gasteiger partial charge in [-0.05, 0) is 46.1 Å². The number of likely N-dealkylation sites (tertiary alicyclic amines) is 1. The van der Waals surface area contributed by atoms with Crippen molar-refractivity contribution in [2.45, 2.75) is 46.6 Å². The van der Waals surface area contributed by atoms with Gasteiger partial charge in [-0.2, -0.15) is 5.10 Å². The zero-order chi connectivity index (χ0) is 15.7. The highest BCUT2D eigenvalue weighted by Gasteiger charge is 2.26. The Labute approximate surface area is 130 Å². The van der Waals surface area contributed by atoms with Crippen molar-refractivity contribution in [2.24, 2.45) is 0 Å². The first-order chi connectivity index (χ1) is 10.6. The lowest BCUT2D eigenvalue weighted by Gasteiger charge is -2.26. The van der Waals surface area contributed by atoms with Crippen molar-refractivity contribution >= 4 is 5.91 Å². The highest BCUT2D eigenvalue weighted by atomic mass is 16.5. The van der Waals surface area contributed by atoms with Gasteiger partial charge in [0.15, 0.2) is 5.69 Å². The quantitative estimate of drug-likeness (QED) is 0.873. The number of nitrogens with zero attached hydrogens (tertiary/aromatic N) is 4. The second-order valence-electron chi connectivity index (χ2n) is 6.00. The van der Waals surface area contributed by atoms with Crippen LogP contribution in [0.1, 0.15) is 52.5 Å². The highest BCUT2D eigenvalue weighted by molar-refractivity contribution is 5.93. The van der Waals surface area contributed by atoms with Crippen molar-refractivity contribution in [2.75, 3.05) is 13.1 Å². The first-order valence-electron chi connectivity index (χ1n) is 7.81. The smallest absolute Gasteiger partial charge is 0.276 e. The Kier molecular flexibility index (Phi) is 4.00. The molecule has 0 N–H and O–H groups in total. The van der Waals surface area contributed by atoms with E-state index in [1.54, 1.807) is 0 Å².